The molecule has 1 aliphatic carbocycles. The summed E-state index contributed by atoms with van der Waals surface area (Å²) >= 11 is 0. The highest BCUT2D eigenvalue weighted by Crippen LogP contribution is 2.47. The van der Waals surface area contributed by atoms with Gasteiger partial charge in [-0.25, -0.2) is 0 Å². The van der Waals surface area contributed by atoms with Gasteiger partial charge in [-0.05, 0) is 43.7 Å². The minimum Gasteiger partial charge on any atom is -0.487 e. The summed E-state index contributed by atoms with van der Waals surface area (Å²) in [7, 11) is 1.71. The summed E-state index contributed by atoms with van der Waals surface area (Å²) in [6, 6.07) is 8.23. The van der Waals surface area contributed by atoms with Crippen molar-refractivity contribution in [2.24, 2.45) is 0 Å². The van der Waals surface area contributed by atoms with Crippen LogP contribution in [0.3, 0.4) is 0 Å². The molecule has 108 valence electrons. The second-order valence-electron chi connectivity index (χ2n) is 6.16. The first kappa shape index (κ1) is 13.5. The van der Waals surface area contributed by atoms with E-state index >= 15 is 0 Å². The Morgan fingerprint density at radius 2 is 2.05 bits per heavy atom. The van der Waals surface area contributed by atoms with Crippen molar-refractivity contribution < 1.29 is 9.53 Å². The van der Waals surface area contributed by atoms with Gasteiger partial charge in [0.1, 0.15) is 11.4 Å². The Morgan fingerprint density at radius 3 is 2.80 bits per heavy atom. The average molecular weight is 273 g/mol. The summed E-state index contributed by atoms with van der Waals surface area (Å²) in [6.45, 7) is 0. The molecule has 3 nitrogen and oxygen atoms in total. The summed E-state index contributed by atoms with van der Waals surface area (Å²) in [4.78, 5) is 11.8. The van der Waals surface area contributed by atoms with Crippen molar-refractivity contribution in [3.63, 3.8) is 0 Å². The molecule has 0 aromatic heterocycles. The van der Waals surface area contributed by atoms with Gasteiger partial charge in [-0.3, -0.25) is 4.79 Å². The Bertz CT molecular complexity index is 492. The molecule has 1 aliphatic heterocycles. The third-order valence-corrected chi connectivity index (χ3v) is 4.78. The zero-order valence-corrected chi connectivity index (χ0v) is 12.2. The van der Waals surface area contributed by atoms with E-state index in [0.29, 0.717) is 6.42 Å². The Hall–Kier alpha value is -1.51. The van der Waals surface area contributed by atoms with E-state index in [1.54, 1.807) is 7.05 Å². The zero-order valence-electron chi connectivity index (χ0n) is 12.2. The number of carbonyl (C=O) groups is 1. The zero-order chi connectivity index (χ0) is 14.0. The fourth-order valence-corrected chi connectivity index (χ4v) is 3.75. The van der Waals surface area contributed by atoms with Crippen LogP contribution < -0.4 is 10.1 Å². The Labute approximate surface area is 120 Å². The minimum absolute atomic E-state index is 0.0225. The molecule has 3 heteroatoms. The monoisotopic (exact) mass is 273 g/mol. The summed E-state index contributed by atoms with van der Waals surface area (Å²) in [5.74, 6) is 1.41. The second kappa shape index (κ2) is 5.47. The van der Waals surface area contributed by atoms with Gasteiger partial charge in [-0.2, -0.15) is 0 Å². The van der Waals surface area contributed by atoms with Crippen LogP contribution in [0.2, 0.25) is 0 Å². The lowest BCUT2D eigenvalue weighted by molar-refractivity contribution is -0.121. The van der Waals surface area contributed by atoms with Crippen LogP contribution in [0.25, 0.3) is 0 Å². The Kier molecular flexibility index (Phi) is 3.68. The molecule has 1 fully saturated rings. The average Bonchev–Trinajstić information content (AvgIpc) is 2.48. The minimum atomic E-state index is -0.0225. The number of para-hydroxylation sites is 1. The smallest absolute Gasteiger partial charge is 0.220 e. The van der Waals surface area contributed by atoms with Gasteiger partial charge in [0.05, 0.1) is 0 Å². The number of amides is 1. The van der Waals surface area contributed by atoms with Crippen molar-refractivity contribution in [1.82, 2.24) is 5.32 Å². The molecule has 1 aromatic rings. The number of fused-ring (bicyclic) bond motifs is 1. The molecule has 0 radical (unpaired) electrons. The van der Waals surface area contributed by atoms with Gasteiger partial charge in [0.2, 0.25) is 5.91 Å². The van der Waals surface area contributed by atoms with Gasteiger partial charge >= 0.3 is 0 Å². The SMILES string of the molecule is CNC(=O)CC1CC2(CCCCC2)Oc2ccccc21. The van der Waals surface area contributed by atoms with Gasteiger partial charge in [0.25, 0.3) is 0 Å². The van der Waals surface area contributed by atoms with Crippen molar-refractivity contribution in [3.05, 3.63) is 29.8 Å². The molecule has 2 aliphatic rings. The largest absolute Gasteiger partial charge is 0.487 e. The highest BCUT2D eigenvalue weighted by molar-refractivity contribution is 5.76. The van der Waals surface area contributed by atoms with Gasteiger partial charge in [-0.15, -0.1) is 0 Å². The summed E-state index contributed by atoms with van der Waals surface area (Å²) in [5, 5.41) is 2.75. The van der Waals surface area contributed by atoms with Crippen LogP contribution in [0.4, 0.5) is 0 Å². The van der Waals surface area contributed by atoms with Crippen molar-refractivity contribution in [1.29, 1.82) is 0 Å². The van der Waals surface area contributed by atoms with E-state index in [0.717, 1.165) is 25.0 Å². The lowest BCUT2D eigenvalue weighted by Crippen LogP contribution is -2.43. The Morgan fingerprint density at radius 1 is 1.30 bits per heavy atom. The predicted octanol–water partition coefficient (Wildman–Crippen LogP) is 3.39. The predicted molar refractivity (Wildman–Crippen MR) is 78.9 cm³/mol. The first-order valence-corrected chi connectivity index (χ1v) is 7.71. The fraction of sp³-hybridized carbons (Fsp3) is 0.588. The van der Waals surface area contributed by atoms with Crippen molar-refractivity contribution in [2.45, 2.75) is 56.5 Å². The van der Waals surface area contributed by atoms with Crippen molar-refractivity contribution in [2.75, 3.05) is 7.05 Å². The molecule has 0 bridgehead atoms. The van der Waals surface area contributed by atoms with Crippen LogP contribution in [0, 0.1) is 0 Å². The maximum atomic E-state index is 11.8. The van der Waals surface area contributed by atoms with E-state index in [-0.39, 0.29) is 17.4 Å². The van der Waals surface area contributed by atoms with E-state index in [2.05, 4.69) is 17.4 Å². The summed E-state index contributed by atoms with van der Waals surface area (Å²) in [5.41, 5.74) is 1.18. The molecule has 1 unspecified atom stereocenters. The van der Waals surface area contributed by atoms with Crippen molar-refractivity contribution in [3.8, 4) is 5.75 Å². The number of rotatable bonds is 2. The van der Waals surface area contributed by atoms with Crippen LogP contribution in [0.1, 0.15) is 56.4 Å². The van der Waals surface area contributed by atoms with Gasteiger partial charge in [-0.1, -0.05) is 24.6 Å². The van der Waals surface area contributed by atoms with Gasteiger partial charge < -0.3 is 10.1 Å². The first-order valence-electron chi connectivity index (χ1n) is 7.71. The summed E-state index contributed by atoms with van der Waals surface area (Å²) < 4.78 is 6.37. The van der Waals surface area contributed by atoms with Crippen LogP contribution in [0.5, 0.6) is 5.75 Å². The fourth-order valence-electron chi connectivity index (χ4n) is 3.75. The molecule has 1 N–H and O–H groups in total. The molecule has 1 amide bonds. The standard InChI is InChI=1S/C17H23NO2/c1-18-16(19)11-13-12-17(9-5-2-6-10-17)20-15-8-4-3-7-14(13)15/h3-4,7-8,13H,2,5-6,9-12H2,1H3,(H,18,19). The quantitative estimate of drug-likeness (QED) is 0.897. The van der Waals surface area contributed by atoms with Crippen LogP contribution in [-0.4, -0.2) is 18.6 Å². The first-order chi connectivity index (χ1) is 9.72. The van der Waals surface area contributed by atoms with E-state index < -0.39 is 0 Å². The molecule has 1 heterocycles. The topological polar surface area (TPSA) is 38.3 Å². The molecular formula is C17H23NO2. The Balaban J connectivity index is 1.89. The maximum Gasteiger partial charge on any atom is 0.220 e. The van der Waals surface area contributed by atoms with Crippen LogP contribution in [0.15, 0.2) is 24.3 Å². The van der Waals surface area contributed by atoms with Crippen LogP contribution in [-0.2, 0) is 4.79 Å². The van der Waals surface area contributed by atoms with E-state index in [4.69, 9.17) is 4.74 Å². The van der Waals surface area contributed by atoms with Gasteiger partial charge in [0.15, 0.2) is 0 Å². The lowest BCUT2D eigenvalue weighted by atomic mass is 9.73. The van der Waals surface area contributed by atoms with E-state index in [1.165, 1.54) is 24.8 Å². The molecule has 1 aromatic carbocycles. The normalized spacial score (nSPS) is 23.8. The van der Waals surface area contributed by atoms with E-state index in [1.807, 2.05) is 12.1 Å². The number of nitrogens with one attached hydrogen (secondary N) is 1. The number of hydrogen-bond donors (Lipinski definition) is 1. The molecule has 3 rings (SSSR count). The van der Waals surface area contributed by atoms with Crippen LogP contribution >= 0.6 is 0 Å². The lowest BCUT2D eigenvalue weighted by Gasteiger charge is -2.44. The van der Waals surface area contributed by atoms with Gasteiger partial charge in [0, 0.05) is 19.4 Å². The third kappa shape index (κ3) is 2.54. The van der Waals surface area contributed by atoms with Crippen molar-refractivity contribution >= 4 is 5.91 Å². The molecule has 1 atom stereocenters. The molecule has 1 spiro atoms. The molecule has 0 saturated heterocycles. The highest BCUT2D eigenvalue weighted by Gasteiger charge is 2.41. The number of hydrogen-bond acceptors (Lipinski definition) is 2. The molecule has 20 heavy (non-hydrogen) atoms. The third-order valence-electron chi connectivity index (χ3n) is 4.78. The summed E-state index contributed by atoms with van der Waals surface area (Å²) in [6.07, 6.45) is 7.61. The maximum absolute atomic E-state index is 11.8. The molecular weight excluding hydrogens is 250 g/mol. The number of carbonyl (C=O) groups excluding carboxylic acids is 1. The highest BCUT2D eigenvalue weighted by atomic mass is 16.5. The second-order valence-corrected chi connectivity index (χ2v) is 6.16. The van der Waals surface area contributed by atoms with E-state index in [9.17, 15) is 4.79 Å². The molecule has 1 saturated carbocycles. The number of benzene rings is 1. The number of ether oxygens (including phenoxy) is 1.